The molecule has 0 atom stereocenters. The van der Waals surface area contributed by atoms with Crippen LogP contribution in [0.1, 0.15) is 22.5 Å². The number of nitriles is 1. The van der Waals surface area contributed by atoms with E-state index in [0.717, 1.165) is 23.3 Å². The molecule has 0 amide bonds. The van der Waals surface area contributed by atoms with E-state index < -0.39 is 0 Å². The van der Waals surface area contributed by atoms with Crippen LogP contribution < -0.4 is 14.8 Å². The van der Waals surface area contributed by atoms with E-state index in [0.29, 0.717) is 27.3 Å². The van der Waals surface area contributed by atoms with Crippen molar-refractivity contribution in [2.75, 3.05) is 7.11 Å². The standard InChI is InChI=1S/C21H16N4O2S/c1-27-17-9-6-15(7-10-17)12-18-20(26)25-21(28-18)23-19(24-25)11-8-14-2-4-16(13-22)5-3-14/h2-7,9-10,12H,8,11H2,1H3/b18-12-. The van der Waals surface area contributed by atoms with Gasteiger partial charge in [-0.25, -0.2) is 4.98 Å². The van der Waals surface area contributed by atoms with Crippen molar-refractivity contribution >= 4 is 22.4 Å². The number of thiazole rings is 1. The number of hydrogen-bond acceptors (Lipinski definition) is 6. The van der Waals surface area contributed by atoms with Gasteiger partial charge in [0.15, 0.2) is 5.82 Å². The van der Waals surface area contributed by atoms with Gasteiger partial charge in [0.25, 0.3) is 5.56 Å². The fraction of sp³-hybridized carbons (Fsp3) is 0.143. The van der Waals surface area contributed by atoms with E-state index in [4.69, 9.17) is 10.00 Å². The molecule has 138 valence electrons. The minimum atomic E-state index is -0.159. The molecule has 28 heavy (non-hydrogen) atoms. The molecule has 0 saturated heterocycles. The fourth-order valence-electron chi connectivity index (χ4n) is 2.83. The Bertz CT molecular complexity index is 1270. The minimum Gasteiger partial charge on any atom is -0.497 e. The zero-order valence-electron chi connectivity index (χ0n) is 15.1. The van der Waals surface area contributed by atoms with Crippen LogP contribution in [0.3, 0.4) is 0 Å². The van der Waals surface area contributed by atoms with Gasteiger partial charge in [-0.15, -0.1) is 5.10 Å². The normalized spacial score (nSPS) is 11.6. The molecule has 0 spiro atoms. The number of hydrogen-bond donors (Lipinski definition) is 0. The molecular weight excluding hydrogens is 372 g/mol. The molecule has 0 N–H and O–H groups in total. The molecule has 6 nitrogen and oxygen atoms in total. The van der Waals surface area contributed by atoms with Crippen LogP contribution in [-0.4, -0.2) is 21.7 Å². The number of fused-ring (bicyclic) bond motifs is 1. The number of aromatic nitrogens is 3. The molecule has 0 saturated carbocycles. The van der Waals surface area contributed by atoms with E-state index >= 15 is 0 Å². The molecule has 0 radical (unpaired) electrons. The molecule has 2 aromatic carbocycles. The van der Waals surface area contributed by atoms with Crippen LogP contribution in [0.25, 0.3) is 11.0 Å². The molecule has 0 fully saturated rings. The van der Waals surface area contributed by atoms with Crippen molar-refractivity contribution in [1.29, 1.82) is 5.26 Å². The molecule has 4 aromatic rings. The molecule has 0 aliphatic heterocycles. The Morgan fingerprint density at radius 1 is 1.14 bits per heavy atom. The Hall–Kier alpha value is -3.50. The number of nitrogens with zero attached hydrogens (tertiary/aromatic N) is 4. The highest BCUT2D eigenvalue weighted by molar-refractivity contribution is 7.15. The van der Waals surface area contributed by atoms with Crippen molar-refractivity contribution in [3.63, 3.8) is 0 Å². The SMILES string of the molecule is COc1ccc(/C=c2\sc3nc(CCc4ccc(C#N)cc4)nn3c2=O)cc1. The lowest BCUT2D eigenvalue weighted by Gasteiger charge is -1.98. The van der Waals surface area contributed by atoms with Gasteiger partial charge in [0, 0.05) is 6.42 Å². The van der Waals surface area contributed by atoms with Gasteiger partial charge in [-0.2, -0.15) is 9.78 Å². The van der Waals surface area contributed by atoms with Gasteiger partial charge in [-0.3, -0.25) is 4.79 Å². The van der Waals surface area contributed by atoms with E-state index in [2.05, 4.69) is 16.2 Å². The summed E-state index contributed by atoms with van der Waals surface area (Å²) in [5.74, 6) is 1.41. The van der Waals surface area contributed by atoms with E-state index in [-0.39, 0.29) is 5.56 Å². The van der Waals surface area contributed by atoms with Crippen LogP contribution in [0.4, 0.5) is 0 Å². The van der Waals surface area contributed by atoms with Crippen molar-refractivity contribution in [2.24, 2.45) is 0 Å². The predicted molar refractivity (Wildman–Crippen MR) is 107 cm³/mol. The minimum absolute atomic E-state index is 0.159. The number of rotatable bonds is 5. The van der Waals surface area contributed by atoms with E-state index in [9.17, 15) is 4.79 Å². The lowest BCUT2D eigenvalue weighted by Crippen LogP contribution is -2.23. The molecule has 2 heterocycles. The third-order valence-electron chi connectivity index (χ3n) is 4.36. The third kappa shape index (κ3) is 3.63. The Balaban J connectivity index is 1.54. The molecule has 2 aromatic heterocycles. The van der Waals surface area contributed by atoms with E-state index in [1.54, 1.807) is 19.2 Å². The Kier molecular flexibility index (Phi) is 4.87. The van der Waals surface area contributed by atoms with Crippen molar-refractivity contribution < 1.29 is 4.74 Å². The van der Waals surface area contributed by atoms with Crippen molar-refractivity contribution in [3.05, 3.63) is 85.9 Å². The first-order valence-corrected chi connectivity index (χ1v) is 9.51. The number of ether oxygens (including phenoxy) is 1. The van der Waals surface area contributed by atoms with Gasteiger partial charge in [0.05, 0.1) is 23.3 Å². The number of aryl methyl sites for hydroxylation is 2. The first kappa shape index (κ1) is 17.9. The average molecular weight is 388 g/mol. The monoisotopic (exact) mass is 388 g/mol. The summed E-state index contributed by atoms with van der Waals surface area (Å²) in [4.78, 5) is 17.7. The molecule has 0 aliphatic carbocycles. The zero-order chi connectivity index (χ0) is 19.5. The molecule has 0 unspecified atom stereocenters. The van der Waals surface area contributed by atoms with Gasteiger partial charge >= 0.3 is 0 Å². The maximum Gasteiger partial charge on any atom is 0.291 e. The summed E-state index contributed by atoms with van der Waals surface area (Å²) < 4.78 is 7.11. The second kappa shape index (κ2) is 7.62. The van der Waals surface area contributed by atoms with Crippen molar-refractivity contribution in [3.8, 4) is 11.8 Å². The summed E-state index contributed by atoms with van der Waals surface area (Å²) in [7, 11) is 1.62. The summed E-state index contributed by atoms with van der Waals surface area (Å²) in [6, 6.07) is 17.1. The Labute approximate surface area is 165 Å². The van der Waals surface area contributed by atoms with Gasteiger partial charge in [-0.1, -0.05) is 35.6 Å². The van der Waals surface area contributed by atoms with E-state index in [1.165, 1.54) is 15.9 Å². The Morgan fingerprint density at radius 3 is 2.54 bits per heavy atom. The highest BCUT2D eigenvalue weighted by Gasteiger charge is 2.10. The fourth-order valence-corrected chi connectivity index (χ4v) is 3.76. The number of benzene rings is 2. The summed E-state index contributed by atoms with van der Waals surface area (Å²) in [6.07, 6.45) is 3.22. The Morgan fingerprint density at radius 2 is 1.89 bits per heavy atom. The zero-order valence-corrected chi connectivity index (χ0v) is 15.9. The van der Waals surface area contributed by atoms with Gasteiger partial charge in [0.2, 0.25) is 4.96 Å². The first-order valence-electron chi connectivity index (χ1n) is 8.69. The average Bonchev–Trinajstić information content (AvgIpc) is 3.26. The highest BCUT2D eigenvalue weighted by Crippen LogP contribution is 2.12. The molecular formula is C21H16N4O2S. The molecule has 0 bridgehead atoms. The maximum absolute atomic E-state index is 12.6. The number of methoxy groups -OCH3 is 1. The summed E-state index contributed by atoms with van der Waals surface area (Å²) in [6.45, 7) is 0. The lowest BCUT2D eigenvalue weighted by atomic mass is 10.1. The molecule has 7 heteroatoms. The van der Waals surface area contributed by atoms with Crippen LogP contribution in [0, 0.1) is 11.3 Å². The predicted octanol–water partition coefficient (Wildman–Crippen LogP) is 2.36. The first-order chi connectivity index (χ1) is 13.7. The van der Waals surface area contributed by atoms with Gasteiger partial charge in [0.1, 0.15) is 5.75 Å². The van der Waals surface area contributed by atoms with Crippen molar-refractivity contribution in [1.82, 2.24) is 14.6 Å². The van der Waals surface area contributed by atoms with Crippen LogP contribution in [0.5, 0.6) is 5.75 Å². The van der Waals surface area contributed by atoms with Crippen LogP contribution in [0.15, 0.2) is 53.3 Å². The van der Waals surface area contributed by atoms with Crippen LogP contribution >= 0.6 is 11.3 Å². The topological polar surface area (TPSA) is 80.3 Å². The third-order valence-corrected chi connectivity index (χ3v) is 5.32. The van der Waals surface area contributed by atoms with Crippen molar-refractivity contribution in [2.45, 2.75) is 12.8 Å². The second-order valence-corrected chi connectivity index (χ2v) is 7.23. The highest BCUT2D eigenvalue weighted by atomic mass is 32.1. The lowest BCUT2D eigenvalue weighted by molar-refractivity contribution is 0.415. The van der Waals surface area contributed by atoms with Crippen LogP contribution in [-0.2, 0) is 12.8 Å². The molecule has 4 rings (SSSR count). The second-order valence-electron chi connectivity index (χ2n) is 6.22. The smallest absolute Gasteiger partial charge is 0.291 e. The van der Waals surface area contributed by atoms with Gasteiger partial charge in [-0.05, 0) is 47.9 Å². The van der Waals surface area contributed by atoms with Crippen LogP contribution in [0.2, 0.25) is 0 Å². The maximum atomic E-state index is 12.6. The summed E-state index contributed by atoms with van der Waals surface area (Å²) in [5.41, 5.74) is 2.51. The van der Waals surface area contributed by atoms with E-state index in [1.807, 2.05) is 42.5 Å². The molecule has 0 aliphatic rings. The summed E-state index contributed by atoms with van der Waals surface area (Å²) in [5, 5.41) is 13.2. The summed E-state index contributed by atoms with van der Waals surface area (Å²) >= 11 is 1.33. The van der Waals surface area contributed by atoms with Gasteiger partial charge < -0.3 is 4.74 Å². The quantitative estimate of drug-likeness (QED) is 0.524. The largest absolute Gasteiger partial charge is 0.497 e.